The molecule has 3 rings (SSSR count). The number of aliphatic hydroxyl groups excluding tert-OH is 1. The molecule has 1 heterocycles. The van der Waals surface area contributed by atoms with Crippen molar-refractivity contribution < 1.29 is 5.11 Å². The Hall–Kier alpha value is -1.65. The van der Waals surface area contributed by atoms with Gasteiger partial charge in [0.15, 0.2) is 0 Å². The van der Waals surface area contributed by atoms with Crippen LogP contribution in [0.4, 0.5) is 0 Å². The lowest BCUT2D eigenvalue weighted by Gasteiger charge is -2.28. The molecule has 2 aromatic rings. The van der Waals surface area contributed by atoms with E-state index in [0.717, 1.165) is 42.6 Å². The highest BCUT2D eigenvalue weighted by atomic mass is 16.3. The summed E-state index contributed by atoms with van der Waals surface area (Å²) < 4.78 is 0. The van der Waals surface area contributed by atoms with Crippen LogP contribution in [0, 0.1) is 0 Å². The monoisotopic (exact) mass is 271 g/mol. The molecule has 2 unspecified atom stereocenters. The summed E-state index contributed by atoms with van der Waals surface area (Å²) in [5.74, 6) is 0. The molecule has 0 spiro atoms. The first-order valence-corrected chi connectivity index (χ1v) is 7.33. The van der Waals surface area contributed by atoms with Crippen LogP contribution in [0.5, 0.6) is 0 Å². The topological polar surface area (TPSA) is 60.9 Å². The number of nitrogens with zero attached hydrogens (tertiary/aromatic N) is 1. The fourth-order valence-corrected chi connectivity index (χ4v) is 2.89. The summed E-state index contributed by atoms with van der Waals surface area (Å²) in [6.07, 6.45) is 5.96. The van der Waals surface area contributed by atoms with Crippen LogP contribution in [0.2, 0.25) is 0 Å². The van der Waals surface area contributed by atoms with E-state index in [9.17, 15) is 5.11 Å². The number of H-pyrrole nitrogens is 1. The summed E-state index contributed by atoms with van der Waals surface area (Å²) in [6, 6.07) is 10.4. The lowest BCUT2D eigenvalue weighted by molar-refractivity contribution is 0.0903. The van der Waals surface area contributed by atoms with E-state index in [-0.39, 0.29) is 12.1 Å². The first-order valence-electron chi connectivity index (χ1n) is 7.33. The Bertz CT molecular complexity index is 538. The zero-order valence-electron chi connectivity index (χ0n) is 11.5. The van der Waals surface area contributed by atoms with Crippen LogP contribution in [-0.2, 0) is 6.54 Å². The smallest absolute Gasteiger partial charge is 0.0695 e. The normalized spacial score (nSPS) is 22.9. The van der Waals surface area contributed by atoms with Crippen molar-refractivity contribution in [2.75, 3.05) is 0 Å². The van der Waals surface area contributed by atoms with Crippen LogP contribution in [0.15, 0.2) is 36.5 Å². The summed E-state index contributed by atoms with van der Waals surface area (Å²) in [6.45, 7) is 0.739. The Morgan fingerprint density at radius 1 is 1.20 bits per heavy atom. The second kappa shape index (κ2) is 6.20. The SMILES string of the molecule is OC1CCCCC1NCc1cn[nH]c1-c1ccccc1. The highest BCUT2D eigenvalue weighted by molar-refractivity contribution is 5.62. The molecule has 2 atom stereocenters. The fraction of sp³-hybridized carbons (Fsp3) is 0.438. The molecule has 4 heteroatoms. The van der Waals surface area contributed by atoms with Crippen LogP contribution in [0.25, 0.3) is 11.3 Å². The second-order valence-corrected chi connectivity index (χ2v) is 5.48. The van der Waals surface area contributed by atoms with Crippen LogP contribution in [0.1, 0.15) is 31.2 Å². The summed E-state index contributed by atoms with van der Waals surface area (Å²) in [5, 5.41) is 20.7. The molecular weight excluding hydrogens is 250 g/mol. The van der Waals surface area contributed by atoms with Gasteiger partial charge in [-0.2, -0.15) is 5.10 Å². The molecule has 4 nitrogen and oxygen atoms in total. The number of aromatic amines is 1. The zero-order chi connectivity index (χ0) is 13.8. The van der Waals surface area contributed by atoms with Gasteiger partial charge in [0.05, 0.1) is 18.0 Å². The predicted molar refractivity (Wildman–Crippen MR) is 79.1 cm³/mol. The molecule has 1 aliphatic rings. The maximum absolute atomic E-state index is 10.00. The molecule has 106 valence electrons. The Morgan fingerprint density at radius 3 is 2.80 bits per heavy atom. The maximum Gasteiger partial charge on any atom is 0.0695 e. The number of nitrogens with one attached hydrogen (secondary N) is 2. The molecule has 1 fully saturated rings. The molecule has 1 aromatic heterocycles. The third-order valence-corrected chi connectivity index (χ3v) is 4.06. The molecule has 1 aliphatic carbocycles. The largest absolute Gasteiger partial charge is 0.392 e. The van der Waals surface area contributed by atoms with E-state index in [1.165, 1.54) is 6.42 Å². The molecule has 0 amide bonds. The molecule has 3 N–H and O–H groups in total. The molecule has 0 bridgehead atoms. The van der Waals surface area contributed by atoms with Gasteiger partial charge < -0.3 is 10.4 Å². The molecule has 0 radical (unpaired) electrons. The molecule has 1 saturated carbocycles. The summed E-state index contributed by atoms with van der Waals surface area (Å²) in [4.78, 5) is 0. The van der Waals surface area contributed by atoms with E-state index < -0.39 is 0 Å². The van der Waals surface area contributed by atoms with Crippen LogP contribution in [-0.4, -0.2) is 27.4 Å². The lowest BCUT2D eigenvalue weighted by Crippen LogP contribution is -2.41. The van der Waals surface area contributed by atoms with Gasteiger partial charge in [0.1, 0.15) is 0 Å². The zero-order valence-corrected chi connectivity index (χ0v) is 11.5. The van der Waals surface area contributed by atoms with Crippen molar-refractivity contribution in [3.63, 3.8) is 0 Å². The third-order valence-electron chi connectivity index (χ3n) is 4.06. The second-order valence-electron chi connectivity index (χ2n) is 5.48. The van der Waals surface area contributed by atoms with Gasteiger partial charge in [0.2, 0.25) is 0 Å². The quantitative estimate of drug-likeness (QED) is 0.800. The van der Waals surface area contributed by atoms with Gasteiger partial charge in [-0.1, -0.05) is 43.2 Å². The minimum absolute atomic E-state index is 0.210. The molecule has 0 aliphatic heterocycles. The van der Waals surface area contributed by atoms with Gasteiger partial charge in [-0.3, -0.25) is 5.10 Å². The Labute approximate surface area is 119 Å². The van der Waals surface area contributed by atoms with E-state index in [1.807, 2.05) is 24.4 Å². The van der Waals surface area contributed by atoms with Crippen LogP contribution in [0.3, 0.4) is 0 Å². The number of hydrogen-bond acceptors (Lipinski definition) is 3. The van der Waals surface area contributed by atoms with E-state index in [0.29, 0.717) is 0 Å². The third kappa shape index (κ3) is 2.92. The minimum Gasteiger partial charge on any atom is -0.392 e. The predicted octanol–water partition coefficient (Wildman–Crippen LogP) is 2.47. The van der Waals surface area contributed by atoms with Crippen molar-refractivity contribution in [2.45, 2.75) is 44.4 Å². The van der Waals surface area contributed by atoms with Crippen LogP contribution < -0.4 is 5.32 Å². The Morgan fingerprint density at radius 2 is 2.00 bits per heavy atom. The van der Waals surface area contributed by atoms with Gasteiger partial charge >= 0.3 is 0 Å². The molecular formula is C16H21N3O. The van der Waals surface area contributed by atoms with Gasteiger partial charge in [0, 0.05) is 18.2 Å². The standard InChI is InChI=1S/C16H21N3O/c20-15-9-5-4-8-14(15)17-10-13-11-18-19-16(13)12-6-2-1-3-7-12/h1-3,6-7,11,14-15,17,20H,4-5,8-10H2,(H,18,19). The van der Waals surface area contributed by atoms with Crippen molar-refractivity contribution in [2.24, 2.45) is 0 Å². The molecule has 1 aromatic carbocycles. The number of aromatic nitrogens is 2. The first-order chi connectivity index (χ1) is 9.84. The van der Waals surface area contributed by atoms with Crippen molar-refractivity contribution in [3.8, 4) is 11.3 Å². The van der Waals surface area contributed by atoms with E-state index in [2.05, 4.69) is 27.6 Å². The van der Waals surface area contributed by atoms with Crippen molar-refractivity contribution in [1.29, 1.82) is 0 Å². The number of aliphatic hydroxyl groups is 1. The van der Waals surface area contributed by atoms with Gasteiger partial charge in [-0.15, -0.1) is 0 Å². The average molecular weight is 271 g/mol. The molecule has 20 heavy (non-hydrogen) atoms. The van der Waals surface area contributed by atoms with Crippen LogP contribution >= 0.6 is 0 Å². The van der Waals surface area contributed by atoms with Gasteiger partial charge in [-0.25, -0.2) is 0 Å². The number of rotatable bonds is 4. The summed E-state index contributed by atoms with van der Waals surface area (Å²) >= 11 is 0. The number of hydrogen-bond donors (Lipinski definition) is 3. The van der Waals surface area contributed by atoms with E-state index in [1.54, 1.807) is 0 Å². The maximum atomic E-state index is 10.00. The highest BCUT2D eigenvalue weighted by Gasteiger charge is 2.22. The van der Waals surface area contributed by atoms with Crippen molar-refractivity contribution >= 4 is 0 Å². The molecule has 0 saturated heterocycles. The summed E-state index contributed by atoms with van der Waals surface area (Å²) in [5.41, 5.74) is 3.35. The van der Waals surface area contributed by atoms with E-state index in [4.69, 9.17) is 0 Å². The lowest BCUT2D eigenvalue weighted by atomic mass is 9.92. The minimum atomic E-state index is -0.212. The van der Waals surface area contributed by atoms with Gasteiger partial charge in [-0.05, 0) is 18.4 Å². The average Bonchev–Trinajstić information content (AvgIpc) is 2.96. The summed E-state index contributed by atoms with van der Waals surface area (Å²) in [7, 11) is 0. The first kappa shape index (κ1) is 13.3. The highest BCUT2D eigenvalue weighted by Crippen LogP contribution is 2.22. The van der Waals surface area contributed by atoms with E-state index >= 15 is 0 Å². The Balaban J connectivity index is 1.68. The van der Waals surface area contributed by atoms with Crippen molar-refractivity contribution in [3.05, 3.63) is 42.1 Å². The number of benzene rings is 1. The fourth-order valence-electron chi connectivity index (χ4n) is 2.89. The van der Waals surface area contributed by atoms with Crippen molar-refractivity contribution in [1.82, 2.24) is 15.5 Å². The van der Waals surface area contributed by atoms with Gasteiger partial charge in [0.25, 0.3) is 0 Å². The Kier molecular flexibility index (Phi) is 4.14.